The SMILES string of the molecule is Cc1cc(=O)oc2cc(OP(=O)(Cl)Cl)ccc12. The summed E-state index contributed by atoms with van der Waals surface area (Å²) in [6.45, 7) is 1.79. The van der Waals surface area contributed by atoms with Crippen molar-refractivity contribution < 1.29 is 13.5 Å². The first kappa shape index (κ1) is 12.5. The highest BCUT2D eigenvalue weighted by Gasteiger charge is 2.16. The number of fused-ring (bicyclic) bond motifs is 1. The van der Waals surface area contributed by atoms with Gasteiger partial charge in [0.1, 0.15) is 11.3 Å². The minimum Gasteiger partial charge on any atom is -0.423 e. The quantitative estimate of drug-likeness (QED) is 0.618. The highest BCUT2D eigenvalue weighted by Crippen LogP contribution is 2.57. The standard InChI is InChI=1S/C10H7Cl2O4P/c1-6-4-10(13)15-9-5-7(2-3-8(6)9)16-17(11,12)14/h2-5H,1H3. The van der Waals surface area contributed by atoms with Crippen LogP contribution in [0.2, 0.25) is 0 Å². The largest absolute Gasteiger partial charge is 0.428 e. The van der Waals surface area contributed by atoms with Crippen LogP contribution in [0, 0.1) is 6.92 Å². The molecule has 0 saturated heterocycles. The Morgan fingerprint density at radius 2 is 2.00 bits per heavy atom. The molecule has 0 spiro atoms. The Hall–Kier alpha value is -0.960. The van der Waals surface area contributed by atoms with Crippen molar-refractivity contribution in [3.63, 3.8) is 0 Å². The van der Waals surface area contributed by atoms with Gasteiger partial charge in [0, 0.05) is 40.0 Å². The molecule has 2 rings (SSSR count). The van der Waals surface area contributed by atoms with Crippen LogP contribution in [0.3, 0.4) is 0 Å². The molecule has 1 heterocycles. The summed E-state index contributed by atoms with van der Waals surface area (Å²) in [7, 11) is 0. The summed E-state index contributed by atoms with van der Waals surface area (Å²) < 4.78 is 20.9. The first-order valence-corrected chi connectivity index (χ1v) is 8.02. The van der Waals surface area contributed by atoms with Gasteiger partial charge in [0.15, 0.2) is 0 Å². The van der Waals surface area contributed by atoms with E-state index in [9.17, 15) is 9.36 Å². The second-order valence-electron chi connectivity index (χ2n) is 3.41. The summed E-state index contributed by atoms with van der Waals surface area (Å²) in [6, 6.07) is 6.02. The number of hydrogen-bond donors (Lipinski definition) is 0. The van der Waals surface area contributed by atoms with Gasteiger partial charge in [-0.2, -0.15) is 0 Å². The van der Waals surface area contributed by atoms with E-state index in [1.54, 1.807) is 19.1 Å². The smallest absolute Gasteiger partial charge is 0.423 e. The van der Waals surface area contributed by atoms with Gasteiger partial charge in [-0.05, 0) is 24.6 Å². The highest BCUT2D eigenvalue weighted by atomic mass is 35.9. The summed E-state index contributed by atoms with van der Waals surface area (Å²) in [4.78, 5) is 11.2. The van der Waals surface area contributed by atoms with Crippen LogP contribution in [0.15, 0.2) is 33.5 Å². The normalized spacial score (nSPS) is 11.7. The third kappa shape index (κ3) is 3.03. The van der Waals surface area contributed by atoms with Crippen molar-refractivity contribution in [3.8, 4) is 5.75 Å². The van der Waals surface area contributed by atoms with Gasteiger partial charge in [-0.25, -0.2) is 9.36 Å². The van der Waals surface area contributed by atoms with E-state index in [-0.39, 0.29) is 5.75 Å². The number of halogens is 2. The van der Waals surface area contributed by atoms with Gasteiger partial charge in [-0.15, -0.1) is 0 Å². The monoisotopic (exact) mass is 292 g/mol. The van der Waals surface area contributed by atoms with Crippen LogP contribution in [0.4, 0.5) is 0 Å². The van der Waals surface area contributed by atoms with E-state index in [1.807, 2.05) is 0 Å². The molecule has 0 aliphatic carbocycles. The molecule has 0 aliphatic heterocycles. The Balaban J connectivity index is 2.58. The van der Waals surface area contributed by atoms with Crippen molar-refractivity contribution in [1.82, 2.24) is 0 Å². The predicted octanol–water partition coefficient (Wildman–Crippen LogP) is 4.07. The van der Waals surface area contributed by atoms with Gasteiger partial charge in [0.25, 0.3) is 0 Å². The lowest BCUT2D eigenvalue weighted by Gasteiger charge is -2.07. The van der Waals surface area contributed by atoms with E-state index >= 15 is 0 Å². The number of aryl methyl sites for hydroxylation is 1. The summed E-state index contributed by atoms with van der Waals surface area (Å²) >= 11 is 10.6. The summed E-state index contributed by atoms with van der Waals surface area (Å²) in [6.07, 6.45) is -3.66. The van der Waals surface area contributed by atoms with Gasteiger partial charge in [-0.1, -0.05) is 0 Å². The second-order valence-corrected chi connectivity index (χ2v) is 7.61. The summed E-state index contributed by atoms with van der Waals surface area (Å²) in [5, 5.41) is 0.760. The zero-order valence-electron chi connectivity index (χ0n) is 8.65. The molecule has 17 heavy (non-hydrogen) atoms. The van der Waals surface area contributed by atoms with Crippen LogP contribution < -0.4 is 10.1 Å². The molecule has 0 amide bonds. The molecular formula is C10H7Cl2O4P. The Bertz CT molecular complexity index is 674. The Morgan fingerprint density at radius 1 is 1.29 bits per heavy atom. The fraction of sp³-hybridized carbons (Fsp3) is 0.100. The lowest BCUT2D eigenvalue weighted by Crippen LogP contribution is -1.97. The van der Waals surface area contributed by atoms with Gasteiger partial charge < -0.3 is 8.94 Å². The second kappa shape index (κ2) is 4.37. The van der Waals surface area contributed by atoms with Crippen molar-refractivity contribution in [2.45, 2.75) is 6.92 Å². The highest BCUT2D eigenvalue weighted by molar-refractivity contribution is 8.05. The minimum absolute atomic E-state index is 0.180. The van der Waals surface area contributed by atoms with Crippen LogP contribution in [-0.4, -0.2) is 0 Å². The van der Waals surface area contributed by atoms with E-state index in [0.29, 0.717) is 5.58 Å². The maximum absolute atomic E-state index is 11.2. The van der Waals surface area contributed by atoms with Gasteiger partial charge in [0.05, 0.1) is 0 Å². The lowest BCUT2D eigenvalue weighted by atomic mass is 10.1. The van der Waals surface area contributed by atoms with Gasteiger partial charge >= 0.3 is 11.7 Å². The molecule has 1 aromatic heterocycles. The topological polar surface area (TPSA) is 56.5 Å². The van der Waals surface area contributed by atoms with Crippen molar-refractivity contribution >= 4 is 39.5 Å². The lowest BCUT2D eigenvalue weighted by molar-refractivity contribution is 0.511. The molecule has 1 aromatic carbocycles. The van der Waals surface area contributed by atoms with Crippen molar-refractivity contribution in [1.29, 1.82) is 0 Å². The third-order valence-electron chi connectivity index (χ3n) is 2.13. The van der Waals surface area contributed by atoms with Crippen molar-refractivity contribution in [3.05, 3.63) is 40.2 Å². The zero-order valence-corrected chi connectivity index (χ0v) is 11.1. The van der Waals surface area contributed by atoms with Crippen LogP contribution in [0.5, 0.6) is 5.75 Å². The molecule has 0 N–H and O–H groups in total. The van der Waals surface area contributed by atoms with Crippen LogP contribution in [0.25, 0.3) is 11.0 Å². The molecular weight excluding hydrogens is 286 g/mol. The molecule has 2 aromatic rings. The molecule has 90 valence electrons. The molecule has 0 radical (unpaired) electrons. The predicted molar refractivity (Wildman–Crippen MR) is 67.2 cm³/mol. The van der Waals surface area contributed by atoms with E-state index in [2.05, 4.69) is 0 Å². The fourth-order valence-electron chi connectivity index (χ4n) is 1.48. The van der Waals surface area contributed by atoms with E-state index in [1.165, 1.54) is 12.1 Å². The summed E-state index contributed by atoms with van der Waals surface area (Å²) in [5.41, 5.74) is 0.643. The Labute approximate surface area is 106 Å². The van der Waals surface area contributed by atoms with E-state index in [4.69, 9.17) is 31.4 Å². The zero-order chi connectivity index (χ0) is 12.6. The summed E-state index contributed by atoms with van der Waals surface area (Å²) in [5.74, 6) is 0.180. The Morgan fingerprint density at radius 3 is 2.65 bits per heavy atom. The average Bonchev–Trinajstić information content (AvgIpc) is 2.13. The number of benzene rings is 1. The van der Waals surface area contributed by atoms with E-state index < -0.39 is 11.7 Å². The molecule has 0 saturated carbocycles. The third-order valence-corrected chi connectivity index (χ3v) is 2.97. The molecule has 0 fully saturated rings. The minimum atomic E-state index is -3.66. The molecule has 0 unspecified atom stereocenters. The molecule has 0 atom stereocenters. The molecule has 7 heteroatoms. The van der Waals surface area contributed by atoms with Crippen LogP contribution >= 0.6 is 28.6 Å². The first-order valence-electron chi connectivity index (χ1n) is 4.59. The van der Waals surface area contributed by atoms with Crippen molar-refractivity contribution in [2.24, 2.45) is 0 Å². The average molecular weight is 293 g/mol. The van der Waals surface area contributed by atoms with Crippen LogP contribution in [-0.2, 0) is 4.57 Å². The number of rotatable bonds is 2. The molecule has 0 aliphatic rings. The van der Waals surface area contributed by atoms with Gasteiger partial charge in [0.2, 0.25) is 0 Å². The maximum atomic E-state index is 11.2. The fourth-order valence-corrected chi connectivity index (χ4v) is 2.32. The van der Waals surface area contributed by atoms with E-state index in [0.717, 1.165) is 10.9 Å². The first-order chi connectivity index (χ1) is 7.85. The van der Waals surface area contributed by atoms with Crippen LogP contribution in [0.1, 0.15) is 5.56 Å². The molecule has 4 nitrogen and oxygen atoms in total. The maximum Gasteiger partial charge on any atom is 0.428 e. The van der Waals surface area contributed by atoms with Crippen molar-refractivity contribution in [2.75, 3.05) is 0 Å². The molecule has 0 bridgehead atoms. The Kier molecular flexibility index (Phi) is 3.21. The van der Waals surface area contributed by atoms with Gasteiger partial charge in [-0.3, -0.25) is 0 Å². The number of hydrogen-bond acceptors (Lipinski definition) is 4.